The van der Waals surface area contributed by atoms with Gasteiger partial charge in [-0.15, -0.1) is 0 Å². The number of nitrogens with zero attached hydrogens (tertiary/aromatic N) is 1. The molecule has 6 heteroatoms. The van der Waals surface area contributed by atoms with Crippen LogP contribution < -0.4 is 5.76 Å². The van der Waals surface area contributed by atoms with Crippen molar-refractivity contribution in [3.05, 3.63) is 69.7 Å². The molecule has 1 heterocycles. The average Bonchev–Trinajstić information content (AvgIpc) is 2.89. The number of carbonyl (C=O) groups excluding carboxylic acids is 2. The lowest BCUT2D eigenvalue weighted by Gasteiger charge is -2.09. The molecular weight excluding hydrogens is 334 g/mol. The first-order chi connectivity index (χ1) is 12.3. The zero-order valence-corrected chi connectivity index (χ0v) is 14.8. The molecule has 1 aromatic heterocycles. The van der Waals surface area contributed by atoms with Crippen LogP contribution in [0, 0.1) is 0 Å². The van der Waals surface area contributed by atoms with E-state index in [-0.39, 0.29) is 18.4 Å². The van der Waals surface area contributed by atoms with Crippen molar-refractivity contribution in [3.8, 4) is 0 Å². The lowest BCUT2D eigenvalue weighted by atomic mass is 10.1. The number of aromatic nitrogens is 1. The van der Waals surface area contributed by atoms with Gasteiger partial charge in [0.2, 0.25) is 0 Å². The van der Waals surface area contributed by atoms with E-state index in [4.69, 9.17) is 9.15 Å². The second kappa shape index (κ2) is 7.00. The Morgan fingerprint density at radius 3 is 2.58 bits per heavy atom. The number of esters is 1. The van der Waals surface area contributed by atoms with E-state index >= 15 is 0 Å². The first-order valence-electron chi connectivity index (χ1n) is 8.29. The van der Waals surface area contributed by atoms with Crippen molar-refractivity contribution in [3.63, 3.8) is 0 Å². The van der Waals surface area contributed by atoms with Crippen molar-refractivity contribution in [1.29, 1.82) is 0 Å². The van der Waals surface area contributed by atoms with Gasteiger partial charge in [-0.3, -0.25) is 9.36 Å². The summed E-state index contributed by atoms with van der Waals surface area (Å²) in [7, 11) is 0. The van der Waals surface area contributed by atoms with E-state index in [2.05, 4.69) is 0 Å². The number of benzene rings is 2. The minimum atomic E-state index is -0.518. The van der Waals surface area contributed by atoms with E-state index in [0.29, 0.717) is 22.2 Å². The third-order valence-electron chi connectivity index (χ3n) is 3.92. The summed E-state index contributed by atoms with van der Waals surface area (Å²) in [6.45, 7) is 5.27. The second-order valence-electron chi connectivity index (χ2n) is 6.35. The van der Waals surface area contributed by atoms with Crippen LogP contribution in [0.2, 0.25) is 0 Å². The molecule has 0 amide bonds. The van der Waals surface area contributed by atoms with Crippen LogP contribution in [0.4, 0.5) is 0 Å². The van der Waals surface area contributed by atoms with E-state index < -0.39 is 11.7 Å². The molecule has 0 spiro atoms. The van der Waals surface area contributed by atoms with Gasteiger partial charge in [0.05, 0.1) is 23.7 Å². The van der Waals surface area contributed by atoms with E-state index in [0.717, 1.165) is 5.56 Å². The minimum Gasteiger partial charge on any atom is -0.459 e. The molecule has 2 aromatic carbocycles. The maximum Gasteiger partial charge on any atom is 0.420 e. The zero-order chi connectivity index (χ0) is 18.8. The van der Waals surface area contributed by atoms with Crippen molar-refractivity contribution in [2.24, 2.45) is 0 Å². The van der Waals surface area contributed by atoms with Crippen LogP contribution in [0.1, 0.15) is 47.1 Å². The number of hydrogen-bond donors (Lipinski definition) is 0. The number of ether oxygens (including phenoxy) is 1. The fourth-order valence-corrected chi connectivity index (χ4v) is 2.70. The molecule has 6 nitrogen and oxygen atoms in total. The SMILES string of the molecule is CC(=O)c1ccc2c(c1)oc(=O)n2Cc1cccc(C(=O)OC(C)C)c1. The van der Waals surface area contributed by atoms with Gasteiger partial charge in [0.15, 0.2) is 11.4 Å². The van der Waals surface area contributed by atoms with Crippen LogP contribution in [0.15, 0.2) is 51.7 Å². The van der Waals surface area contributed by atoms with E-state index in [1.807, 2.05) is 6.07 Å². The van der Waals surface area contributed by atoms with Crippen molar-refractivity contribution >= 4 is 22.9 Å². The molecular formula is C20H19NO5. The Labute approximate surface area is 150 Å². The summed E-state index contributed by atoms with van der Waals surface area (Å²) in [6.07, 6.45) is -0.206. The molecule has 0 atom stereocenters. The first kappa shape index (κ1) is 17.7. The standard InChI is InChI=1S/C20H19NO5/c1-12(2)25-19(23)16-6-4-5-14(9-16)11-21-17-8-7-15(13(3)22)10-18(17)26-20(21)24/h4-10,12H,11H2,1-3H3. The third-order valence-corrected chi connectivity index (χ3v) is 3.92. The first-order valence-corrected chi connectivity index (χ1v) is 8.29. The Morgan fingerprint density at radius 2 is 1.88 bits per heavy atom. The summed E-state index contributed by atoms with van der Waals surface area (Å²) < 4.78 is 11.9. The lowest BCUT2D eigenvalue weighted by molar-refractivity contribution is 0.0377. The molecule has 0 radical (unpaired) electrons. The van der Waals surface area contributed by atoms with Gasteiger partial charge in [0, 0.05) is 5.56 Å². The van der Waals surface area contributed by atoms with Crippen molar-refractivity contribution in [2.45, 2.75) is 33.4 Å². The molecule has 0 unspecified atom stereocenters. The summed E-state index contributed by atoms with van der Waals surface area (Å²) in [5.74, 6) is -1.02. The highest BCUT2D eigenvalue weighted by molar-refractivity contribution is 5.96. The predicted molar refractivity (Wildman–Crippen MR) is 96.6 cm³/mol. The number of oxazole rings is 1. The van der Waals surface area contributed by atoms with Gasteiger partial charge in [-0.05, 0) is 56.7 Å². The fraction of sp³-hybridized carbons (Fsp3) is 0.250. The van der Waals surface area contributed by atoms with Crippen LogP contribution >= 0.6 is 0 Å². The largest absolute Gasteiger partial charge is 0.459 e. The van der Waals surface area contributed by atoms with Gasteiger partial charge < -0.3 is 9.15 Å². The Morgan fingerprint density at radius 1 is 1.12 bits per heavy atom. The van der Waals surface area contributed by atoms with E-state index in [1.54, 1.807) is 50.2 Å². The molecule has 0 aliphatic rings. The van der Waals surface area contributed by atoms with Crippen molar-refractivity contribution < 1.29 is 18.7 Å². The number of rotatable bonds is 5. The molecule has 3 aromatic rings. The van der Waals surface area contributed by atoms with Gasteiger partial charge in [0.1, 0.15) is 0 Å². The van der Waals surface area contributed by atoms with Gasteiger partial charge in [-0.2, -0.15) is 0 Å². The molecule has 0 saturated carbocycles. The summed E-state index contributed by atoms with van der Waals surface area (Å²) in [6, 6.07) is 11.8. The summed E-state index contributed by atoms with van der Waals surface area (Å²) in [4.78, 5) is 35.7. The number of hydrogen-bond acceptors (Lipinski definition) is 5. The van der Waals surface area contributed by atoms with Crippen molar-refractivity contribution in [2.75, 3.05) is 0 Å². The topological polar surface area (TPSA) is 78.5 Å². The van der Waals surface area contributed by atoms with Crippen LogP contribution in [-0.2, 0) is 11.3 Å². The highest BCUT2D eigenvalue weighted by Crippen LogP contribution is 2.17. The molecule has 0 aliphatic heterocycles. The van der Waals surface area contributed by atoms with Gasteiger partial charge in [-0.25, -0.2) is 9.59 Å². The molecule has 3 rings (SSSR count). The highest BCUT2D eigenvalue weighted by atomic mass is 16.5. The van der Waals surface area contributed by atoms with Crippen LogP contribution in [0.3, 0.4) is 0 Å². The summed E-state index contributed by atoms with van der Waals surface area (Å²) in [5.41, 5.74) is 2.63. The Bertz CT molecular complexity index is 1040. The normalized spacial score (nSPS) is 11.1. The quantitative estimate of drug-likeness (QED) is 0.519. The maximum absolute atomic E-state index is 12.2. The number of Topliss-reactive ketones (excluding diaryl/α,β-unsaturated/α-hetero) is 1. The molecule has 0 bridgehead atoms. The Hall–Kier alpha value is -3.15. The molecule has 134 valence electrons. The summed E-state index contributed by atoms with van der Waals surface area (Å²) in [5, 5.41) is 0. The summed E-state index contributed by atoms with van der Waals surface area (Å²) >= 11 is 0. The highest BCUT2D eigenvalue weighted by Gasteiger charge is 2.14. The number of carbonyl (C=O) groups is 2. The monoisotopic (exact) mass is 353 g/mol. The second-order valence-corrected chi connectivity index (χ2v) is 6.35. The molecule has 0 N–H and O–H groups in total. The van der Waals surface area contributed by atoms with E-state index in [9.17, 15) is 14.4 Å². The molecule has 0 saturated heterocycles. The predicted octanol–water partition coefficient (Wildman–Crippen LogP) is 3.41. The fourth-order valence-electron chi connectivity index (χ4n) is 2.70. The molecule has 26 heavy (non-hydrogen) atoms. The average molecular weight is 353 g/mol. The van der Waals surface area contributed by atoms with Crippen LogP contribution in [-0.4, -0.2) is 22.4 Å². The third kappa shape index (κ3) is 3.59. The minimum absolute atomic E-state index is 0.0985. The maximum atomic E-state index is 12.2. The number of fused-ring (bicyclic) bond motifs is 1. The smallest absolute Gasteiger partial charge is 0.420 e. The van der Waals surface area contributed by atoms with Crippen LogP contribution in [0.5, 0.6) is 0 Å². The van der Waals surface area contributed by atoms with E-state index in [1.165, 1.54) is 11.5 Å². The Kier molecular flexibility index (Phi) is 4.75. The van der Waals surface area contributed by atoms with Crippen molar-refractivity contribution in [1.82, 2.24) is 4.57 Å². The van der Waals surface area contributed by atoms with Gasteiger partial charge >= 0.3 is 11.7 Å². The number of ketones is 1. The van der Waals surface area contributed by atoms with Crippen LogP contribution in [0.25, 0.3) is 11.1 Å². The van der Waals surface area contributed by atoms with Gasteiger partial charge in [-0.1, -0.05) is 12.1 Å². The molecule has 0 aliphatic carbocycles. The lowest BCUT2D eigenvalue weighted by Crippen LogP contribution is -2.16. The van der Waals surface area contributed by atoms with Gasteiger partial charge in [0.25, 0.3) is 0 Å². The molecule has 0 fully saturated rings. The zero-order valence-electron chi connectivity index (χ0n) is 14.8. The Balaban J connectivity index is 1.94.